The van der Waals surface area contributed by atoms with Gasteiger partial charge in [-0.2, -0.15) is 0 Å². The van der Waals surface area contributed by atoms with Crippen LogP contribution in [0.5, 0.6) is 0 Å². The Morgan fingerprint density at radius 1 is 1.54 bits per heavy atom. The number of carbonyl (C=O) groups excluding carboxylic acids is 1. The molecule has 0 unspecified atom stereocenters. The van der Waals surface area contributed by atoms with E-state index < -0.39 is 0 Å². The molecule has 70 valence electrons. The molecule has 1 aromatic rings. The molecule has 0 saturated heterocycles. The van der Waals surface area contributed by atoms with Crippen molar-refractivity contribution in [3.8, 4) is 0 Å². The van der Waals surface area contributed by atoms with E-state index in [-0.39, 0.29) is 11.7 Å². The van der Waals surface area contributed by atoms with Crippen molar-refractivity contribution in [3.05, 3.63) is 29.3 Å². The number of Topliss-reactive ketones (excluding diaryl/α,β-unsaturated/α-hetero) is 1. The van der Waals surface area contributed by atoms with Crippen LogP contribution < -0.4 is 0 Å². The smallest absolute Gasteiger partial charge is 0.151 e. The summed E-state index contributed by atoms with van der Waals surface area (Å²) in [7, 11) is 0. The third-order valence-electron chi connectivity index (χ3n) is 1.77. The molecule has 0 bridgehead atoms. The van der Waals surface area contributed by atoms with Crippen LogP contribution in [0.25, 0.3) is 0 Å². The summed E-state index contributed by atoms with van der Waals surface area (Å²) in [4.78, 5) is 11.9. The number of carbonyl (C=O) groups is 1. The summed E-state index contributed by atoms with van der Waals surface area (Å²) >= 11 is 9.68. The van der Waals surface area contributed by atoms with Gasteiger partial charge in [-0.25, -0.2) is 0 Å². The van der Waals surface area contributed by atoms with Crippen LogP contribution >= 0.6 is 24.2 Å². The second kappa shape index (κ2) is 4.68. The van der Waals surface area contributed by atoms with Gasteiger partial charge in [0, 0.05) is 11.3 Å². The molecule has 0 aliphatic rings. The van der Waals surface area contributed by atoms with Gasteiger partial charge >= 0.3 is 0 Å². The zero-order valence-corrected chi connectivity index (χ0v) is 9.03. The number of alkyl halides is 1. The van der Waals surface area contributed by atoms with Gasteiger partial charge in [-0.15, -0.1) is 24.2 Å². The predicted octanol–water partition coefficient (Wildman–Crippen LogP) is 2.63. The molecule has 0 aliphatic heterocycles. The molecule has 0 aromatic heterocycles. The lowest BCUT2D eigenvalue weighted by Crippen LogP contribution is -2.04. The molecule has 0 spiro atoms. The van der Waals surface area contributed by atoms with Gasteiger partial charge in [0.15, 0.2) is 5.78 Å². The van der Waals surface area contributed by atoms with Crippen LogP contribution in [0.3, 0.4) is 0 Å². The Morgan fingerprint density at radius 2 is 2.23 bits per heavy atom. The molecule has 3 heteroatoms. The van der Waals surface area contributed by atoms with Crippen molar-refractivity contribution in [3.63, 3.8) is 0 Å². The highest BCUT2D eigenvalue weighted by Crippen LogP contribution is 2.16. The van der Waals surface area contributed by atoms with E-state index in [1.165, 1.54) is 0 Å². The fourth-order valence-electron chi connectivity index (χ4n) is 1.12. The van der Waals surface area contributed by atoms with Gasteiger partial charge in [0.05, 0.1) is 5.88 Å². The summed E-state index contributed by atoms with van der Waals surface area (Å²) in [6.07, 6.45) is 0.379. The Hall–Kier alpha value is -0.470. The summed E-state index contributed by atoms with van der Waals surface area (Å²) in [6, 6.07) is 5.83. The van der Waals surface area contributed by atoms with E-state index >= 15 is 0 Å². The van der Waals surface area contributed by atoms with Crippen LogP contribution in [0.15, 0.2) is 23.1 Å². The number of aryl methyl sites for hydroxylation is 1. The van der Waals surface area contributed by atoms with E-state index in [9.17, 15) is 4.79 Å². The quantitative estimate of drug-likeness (QED) is 0.605. The first-order chi connectivity index (χ1) is 6.13. The number of ketones is 1. The van der Waals surface area contributed by atoms with Crippen LogP contribution in [0.4, 0.5) is 0 Å². The summed E-state index contributed by atoms with van der Waals surface area (Å²) in [5.41, 5.74) is 2.09. The minimum absolute atomic E-state index is 0.0302. The number of benzene rings is 1. The number of thiol groups is 1. The molecule has 13 heavy (non-hydrogen) atoms. The normalized spacial score (nSPS) is 10.1. The lowest BCUT2D eigenvalue weighted by atomic mass is 10.1. The SMILES string of the molecule is Cc1ccc(S)c(CC(=O)CCl)c1. The van der Waals surface area contributed by atoms with E-state index in [1.54, 1.807) is 0 Å². The van der Waals surface area contributed by atoms with E-state index in [0.29, 0.717) is 6.42 Å². The number of halogens is 1. The molecular weight excluding hydrogens is 204 g/mol. The molecular formula is C10H11ClOS. The van der Waals surface area contributed by atoms with Crippen LogP contribution in [0.2, 0.25) is 0 Å². The van der Waals surface area contributed by atoms with Crippen molar-refractivity contribution >= 4 is 30.0 Å². The fraction of sp³-hybridized carbons (Fsp3) is 0.300. The van der Waals surface area contributed by atoms with Gasteiger partial charge in [-0.1, -0.05) is 17.7 Å². The monoisotopic (exact) mass is 214 g/mol. The first kappa shape index (κ1) is 10.6. The highest BCUT2D eigenvalue weighted by atomic mass is 35.5. The molecule has 0 fully saturated rings. The van der Waals surface area contributed by atoms with E-state index in [1.807, 2.05) is 25.1 Å². The third kappa shape index (κ3) is 3.05. The van der Waals surface area contributed by atoms with Crippen LogP contribution in [0.1, 0.15) is 11.1 Å². The van der Waals surface area contributed by atoms with Crippen molar-refractivity contribution in [1.29, 1.82) is 0 Å². The Bertz CT molecular complexity index is 323. The largest absolute Gasteiger partial charge is 0.298 e. The van der Waals surface area contributed by atoms with E-state index in [4.69, 9.17) is 11.6 Å². The van der Waals surface area contributed by atoms with Crippen molar-refractivity contribution < 1.29 is 4.79 Å². The zero-order valence-electron chi connectivity index (χ0n) is 7.38. The summed E-state index contributed by atoms with van der Waals surface area (Å²) in [5.74, 6) is 0.101. The average Bonchev–Trinajstić information content (AvgIpc) is 2.11. The van der Waals surface area contributed by atoms with Crippen LogP contribution in [-0.2, 0) is 11.2 Å². The number of hydrogen-bond donors (Lipinski definition) is 1. The third-order valence-corrected chi connectivity index (χ3v) is 2.51. The number of hydrogen-bond acceptors (Lipinski definition) is 2. The van der Waals surface area contributed by atoms with Crippen molar-refractivity contribution in [2.75, 3.05) is 5.88 Å². The second-order valence-electron chi connectivity index (χ2n) is 2.98. The van der Waals surface area contributed by atoms with Gasteiger partial charge in [0.1, 0.15) is 0 Å². The highest BCUT2D eigenvalue weighted by molar-refractivity contribution is 7.80. The Labute approximate surface area is 88.5 Å². The summed E-state index contributed by atoms with van der Waals surface area (Å²) in [6.45, 7) is 1.99. The molecule has 0 N–H and O–H groups in total. The Kier molecular flexibility index (Phi) is 3.82. The zero-order chi connectivity index (χ0) is 9.84. The Balaban J connectivity index is 2.87. The van der Waals surface area contributed by atoms with Crippen LogP contribution in [0, 0.1) is 6.92 Å². The fourth-order valence-corrected chi connectivity index (χ4v) is 1.43. The summed E-state index contributed by atoms with van der Waals surface area (Å²) < 4.78 is 0. The molecule has 0 atom stereocenters. The van der Waals surface area contributed by atoms with Gasteiger partial charge in [-0.05, 0) is 18.6 Å². The van der Waals surface area contributed by atoms with Crippen molar-refractivity contribution in [2.45, 2.75) is 18.2 Å². The molecule has 0 saturated carbocycles. The van der Waals surface area contributed by atoms with Crippen molar-refractivity contribution in [1.82, 2.24) is 0 Å². The summed E-state index contributed by atoms with van der Waals surface area (Å²) in [5, 5.41) is 0. The highest BCUT2D eigenvalue weighted by Gasteiger charge is 2.05. The van der Waals surface area contributed by atoms with Gasteiger partial charge < -0.3 is 0 Å². The maximum Gasteiger partial charge on any atom is 0.151 e. The predicted molar refractivity (Wildman–Crippen MR) is 57.9 cm³/mol. The number of rotatable bonds is 3. The molecule has 0 aliphatic carbocycles. The first-order valence-corrected chi connectivity index (χ1v) is 4.98. The molecule has 1 aromatic carbocycles. The lowest BCUT2D eigenvalue weighted by molar-refractivity contribution is -0.116. The van der Waals surface area contributed by atoms with E-state index in [0.717, 1.165) is 16.0 Å². The maximum atomic E-state index is 11.1. The van der Waals surface area contributed by atoms with Crippen LogP contribution in [-0.4, -0.2) is 11.7 Å². The molecule has 0 heterocycles. The van der Waals surface area contributed by atoms with Gasteiger partial charge in [0.2, 0.25) is 0 Å². The van der Waals surface area contributed by atoms with Gasteiger partial charge in [-0.3, -0.25) is 4.79 Å². The average molecular weight is 215 g/mol. The molecule has 1 rings (SSSR count). The topological polar surface area (TPSA) is 17.1 Å². The molecule has 0 amide bonds. The minimum Gasteiger partial charge on any atom is -0.298 e. The first-order valence-electron chi connectivity index (χ1n) is 3.99. The molecule has 1 nitrogen and oxygen atoms in total. The van der Waals surface area contributed by atoms with E-state index in [2.05, 4.69) is 12.6 Å². The Morgan fingerprint density at radius 3 is 2.85 bits per heavy atom. The minimum atomic E-state index is 0.0302. The second-order valence-corrected chi connectivity index (χ2v) is 3.73. The van der Waals surface area contributed by atoms with Crippen molar-refractivity contribution in [2.24, 2.45) is 0 Å². The van der Waals surface area contributed by atoms with Gasteiger partial charge in [0.25, 0.3) is 0 Å². The maximum absolute atomic E-state index is 11.1. The lowest BCUT2D eigenvalue weighted by Gasteiger charge is -2.03. The standard InChI is InChI=1S/C10H11ClOS/c1-7-2-3-10(13)8(4-7)5-9(12)6-11/h2-4,13H,5-6H2,1H3. The molecule has 0 radical (unpaired) electrons.